The first-order valence-corrected chi connectivity index (χ1v) is 27.3. The summed E-state index contributed by atoms with van der Waals surface area (Å²) < 4.78 is 25.1. The summed E-state index contributed by atoms with van der Waals surface area (Å²) in [4.78, 5) is 136. The van der Waals surface area contributed by atoms with Crippen LogP contribution in [0, 0.1) is 0 Å². The highest BCUT2D eigenvalue weighted by Crippen LogP contribution is 2.20. The van der Waals surface area contributed by atoms with Gasteiger partial charge in [0.05, 0.1) is 5.75 Å². The molecule has 3 aromatic rings. The van der Waals surface area contributed by atoms with Gasteiger partial charge in [0.2, 0.25) is 47.3 Å². The minimum Gasteiger partial charge on any atom is -0.371 e. The van der Waals surface area contributed by atoms with Crippen LogP contribution in [-0.2, 0) is 70.7 Å². The predicted molar refractivity (Wildman–Crippen MR) is 281 cm³/mol. The number of fused-ring (bicyclic) bond motifs is 1. The van der Waals surface area contributed by atoms with Crippen molar-refractivity contribution < 1.29 is 56.4 Å². The highest BCUT2D eigenvalue weighted by atomic mass is 32.2. The normalized spacial score (nSPS) is 21.6. The largest absolute Gasteiger partial charge is 0.371 e. The second-order valence-electron chi connectivity index (χ2n) is 18.7. The number of nitrogens with two attached hydrogens (primary N) is 3. The number of sulfone groups is 1. The Kier molecular flexibility index (Phi) is 24.6. The number of rotatable bonds is 18. The van der Waals surface area contributed by atoms with E-state index in [9.17, 15) is 51.6 Å². The smallest absolute Gasteiger partial charge is 0.324 e. The van der Waals surface area contributed by atoms with E-state index in [1.807, 2.05) is 25.1 Å². The van der Waals surface area contributed by atoms with Crippen molar-refractivity contribution in [2.24, 2.45) is 22.2 Å². The van der Waals surface area contributed by atoms with E-state index in [1.165, 1.54) is 6.92 Å². The van der Waals surface area contributed by atoms with Crippen molar-refractivity contribution in [3.8, 4) is 0 Å². The number of guanidine groups is 1. The quantitative estimate of drug-likeness (QED) is 0.0394. The van der Waals surface area contributed by atoms with Crippen molar-refractivity contribution >= 4 is 79.9 Å². The maximum absolute atomic E-state index is 14.7. The van der Waals surface area contributed by atoms with Crippen molar-refractivity contribution in [2.45, 2.75) is 140 Å². The lowest BCUT2D eigenvalue weighted by atomic mass is 10.0. The number of benzene rings is 2. The van der Waals surface area contributed by atoms with Crippen LogP contribution in [-0.4, -0.2) is 140 Å². The number of unbranched alkanes of at least 4 members (excludes halogenated alkanes) is 1. The van der Waals surface area contributed by atoms with Gasteiger partial charge in [-0.2, -0.15) is 5.48 Å². The SMILES string of the molecule is CCCC[C@H](NC(C)=O)C(=O)N[C@H]1CCC(=O)ONCCCC[C@@H](C(N)=O)NC(=O)[C@H](Cc2c[nH]c3ccccc23)NC(=O)[C@H](CCCN=C(N)N)NC(=O)[C@@H](Cc2ccccc2)NC(=O)[C@H](CCS(C)(=O)=O)NC1=O. The van der Waals surface area contributed by atoms with E-state index in [2.05, 4.69) is 52.7 Å². The standard InChI is InChI=1S/C50H73N13O12S/c1-4-5-17-36(57-30(2)64)44(67)60-38-21-22-42(65)75-56-25-12-11-19-35(43(51)66)58-49(72)41(28-32-29-55-34-18-10-9-16-33(32)34)63-45(68)37(20-13-24-54-50(52)53)59-48(71)40(27-31-14-7-6-8-15-31)62-47(70)39(61-46(38)69)23-26-76(3,73)74/h6-10,14-16,18,29,35-41,55-56H,4-5,11-13,17,19-28H2,1-3H3,(H2,51,66)(H,57,64)(H,58,72)(H,59,71)(H,60,67)(H,61,69)(H,62,70)(H,63,68)(H4,52,53,54)/t35-,36-,37-,38-,39-,40+,41-/m0/s1. The highest BCUT2D eigenvalue weighted by Gasteiger charge is 2.35. The summed E-state index contributed by atoms with van der Waals surface area (Å²) in [5.41, 5.74) is 21.3. The van der Waals surface area contributed by atoms with Crippen LogP contribution in [0.4, 0.5) is 0 Å². The molecule has 0 aliphatic carbocycles. The summed E-state index contributed by atoms with van der Waals surface area (Å²) in [6.07, 6.45) is 2.96. The van der Waals surface area contributed by atoms with Gasteiger partial charge in [0.25, 0.3) is 0 Å². The van der Waals surface area contributed by atoms with E-state index in [0.29, 0.717) is 30.4 Å². The molecule has 26 heteroatoms. The zero-order chi connectivity index (χ0) is 55.8. The van der Waals surface area contributed by atoms with Crippen LogP contribution in [0.5, 0.6) is 0 Å². The topological polar surface area (TPSA) is 399 Å². The lowest BCUT2D eigenvalue weighted by Crippen LogP contribution is -2.60. The summed E-state index contributed by atoms with van der Waals surface area (Å²) in [7, 11) is -3.79. The average Bonchev–Trinajstić information content (AvgIpc) is 3.77. The Morgan fingerprint density at radius 1 is 0.763 bits per heavy atom. The average molecular weight is 1080 g/mol. The van der Waals surface area contributed by atoms with Gasteiger partial charge in [-0.3, -0.25) is 48.1 Å². The summed E-state index contributed by atoms with van der Waals surface area (Å²) in [6.45, 7) is 3.18. The third kappa shape index (κ3) is 21.3. The molecule has 0 bridgehead atoms. The Hall–Kier alpha value is -7.61. The number of hydroxylamine groups is 1. The molecule has 1 fully saturated rings. The minimum atomic E-state index is -3.79. The van der Waals surface area contributed by atoms with E-state index in [1.54, 1.807) is 42.6 Å². The monoisotopic (exact) mass is 1080 g/mol. The number of para-hydroxylation sites is 1. The van der Waals surface area contributed by atoms with Crippen LogP contribution in [0.2, 0.25) is 0 Å². The van der Waals surface area contributed by atoms with Gasteiger partial charge in [-0.05, 0) is 68.6 Å². The van der Waals surface area contributed by atoms with Gasteiger partial charge in [-0.15, -0.1) is 0 Å². The number of H-pyrrole nitrogens is 1. The molecule has 2 heterocycles. The first-order valence-electron chi connectivity index (χ1n) is 25.3. The molecule has 25 nitrogen and oxygen atoms in total. The number of hydrogen-bond acceptors (Lipinski definition) is 14. The van der Waals surface area contributed by atoms with Crippen molar-refractivity contribution in [2.75, 3.05) is 25.1 Å². The minimum absolute atomic E-state index is 0.0251. The van der Waals surface area contributed by atoms with E-state index < -0.39 is 130 Å². The molecule has 8 amide bonds. The number of carbonyl (C=O) groups is 9. The molecule has 0 radical (unpaired) electrons. The van der Waals surface area contributed by atoms with Crippen molar-refractivity contribution in [3.63, 3.8) is 0 Å². The van der Waals surface area contributed by atoms with Crippen LogP contribution in [0.3, 0.4) is 0 Å². The number of aliphatic imine (C=N–C) groups is 1. The van der Waals surface area contributed by atoms with Gasteiger partial charge >= 0.3 is 5.97 Å². The molecule has 1 aliphatic heterocycles. The van der Waals surface area contributed by atoms with E-state index in [0.717, 1.165) is 17.2 Å². The third-order valence-electron chi connectivity index (χ3n) is 12.3. The second kappa shape index (κ2) is 30.7. The number of aromatic nitrogens is 1. The van der Waals surface area contributed by atoms with E-state index in [-0.39, 0.29) is 64.0 Å². The Balaban J connectivity index is 1.79. The number of nitrogens with zero attached hydrogens (tertiary/aromatic N) is 1. The summed E-state index contributed by atoms with van der Waals surface area (Å²) in [6, 6.07) is 5.89. The summed E-state index contributed by atoms with van der Waals surface area (Å²) in [5, 5.41) is 19.1. The first-order chi connectivity index (χ1) is 36.1. The van der Waals surface area contributed by atoms with Gasteiger partial charge < -0.3 is 64.2 Å². The number of carbonyl (C=O) groups excluding carboxylic acids is 9. The van der Waals surface area contributed by atoms with Crippen LogP contribution < -0.4 is 59.9 Å². The number of nitrogens with one attached hydrogen (secondary N) is 9. The molecule has 0 spiro atoms. The maximum Gasteiger partial charge on any atom is 0.324 e. The zero-order valence-corrected chi connectivity index (χ0v) is 43.9. The lowest BCUT2D eigenvalue weighted by Gasteiger charge is -2.28. The number of amides is 8. The number of hydrogen-bond donors (Lipinski definition) is 12. The zero-order valence-electron chi connectivity index (χ0n) is 43.1. The van der Waals surface area contributed by atoms with Gasteiger partial charge in [0.1, 0.15) is 52.1 Å². The van der Waals surface area contributed by atoms with Crippen LogP contribution >= 0.6 is 0 Å². The lowest BCUT2D eigenvalue weighted by molar-refractivity contribution is -0.151. The molecule has 0 unspecified atom stereocenters. The molecule has 15 N–H and O–H groups in total. The predicted octanol–water partition coefficient (Wildman–Crippen LogP) is -1.46. The Morgan fingerprint density at radius 3 is 2.04 bits per heavy atom. The van der Waals surface area contributed by atoms with Crippen molar-refractivity contribution in [1.82, 2.24) is 47.7 Å². The molecular formula is C50H73N13O12S. The number of aromatic amines is 1. The molecule has 416 valence electrons. The molecule has 0 saturated carbocycles. The third-order valence-corrected chi connectivity index (χ3v) is 13.3. The fourth-order valence-corrected chi connectivity index (χ4v) is 8.93. The maximum atomic E-state index is 14.7. The summed E-state index contributed by atoms with van der Waals surface area (Å²) >= 11 is 0. The molecule has 1 saturated heterocycles. The van der Waals surface area contributed by atoms with Gasteiger partial charge in [0, 0.05) is 62.6 Å². The fourth-order valence-electron chi connectivity index (χ4n) is 8.26. The molecule has 7 atom stereocenters. The van der Waals surface area contributed by atoms with Gasteiger partial charge in [0.15, 0.2) is 5.96 Å². The van der Waals surface area contributed by atoms with Crippen LogP contribution in [0.1, 0.15) is 95.6 Å². The molecule has 4 rings (SSSR count). The molecule has 1 aliphatic rings. The van der Waals surface area contributed by atoms with Crippen molar-refractivity contribution in [3.05, 3.63) is 71.9 Å². The van der Waals surface area contributed by atoms with Gasteiger partial charge in [-0.25, -0.2) is 8.42 Å². The van der Waals surface area contributed by atoms with E-state index >= 15 is 0 Å². The Bertz CT molecular complexity index is 2630. The summed E-state index contributed by atoms with van der Waals surface area (Å²) in [5.74, 6) is -8.43. The Labute approximate surface area is 441 Å². The number of primary amides is 1. The molecule has 2 aromatic carbocycles. The Morgan fingerprint density at radius 2 is 1.38 bits per heavy atom. The fraction of sp³-hybridized carbons (Fsp3) is 0.520. The second-order valence-corrected chi connectivity index (χ2v) is 20.9. The first kappa shape index (κ1) is 60.9. The highest BCUT2D eigenvalue weighted by molar-refractivity contribution is 7.90. The van der Waals surface area contributed by atoms with Crippen LogP contribution in [0.15, 0.2) is 65.8 Å². The van der Waals surface area contributed by atoms with E-state index in [4.69, 9.17) is 22.0 Å². The molecule has 76 heavy (non-hydrogen) atoms. The van der Waals surface area contributed by atoms with Crippen molar-refractivity contribution in [1.29, 1.82) is 0 Å². The van der Waals surface area contributed by atoms with Gasteiger partial charge in [-0.1, -0.05) is 68.3 Å². The molecule has 1 aromatic heterocycles. The molecular weight excluding hydrogens is 1010 g/mol. The van der Waals surface area contributed by atoms with Crippen LogP contribution in [0.25, 0.3) is 10.9 Å².